The molecule has 0 heterocycles. The summed E-state index contributed by atoms with van der Waals surface area (Å²) in [5, 5.41) is 0. The predicted octanol–water partition coefficient (Wildman–Crippen LogP) is 4.80. The van der Waals surface area contributed by atoms with Crippen molar-refractivity contribution in [1.29, 1.82) is 0 Å². The molecule has 3 nitrogen and oxygen atoms in total. The van der Waals surface area contributed by atoms with Crippen LogP contribution in [0.2, 0.25) is 0 Å². The Balaban J connectivity index is 2.28. The Kier molecular flexibility index (Phi) is 4.55. The zero-order valence-electron chi connectivity index (χ0n) is 11.7. The van der Waals surface area contributed by atoms with Gasteiger partial charge in [-0.15, -0.1) is 0 Å². The Bertz CT molecular complexity index is 547. The van der Waals surface area contributed by atoms with Crippen LogP contribution >= 0.6 is 7.60 Å². The maximum Gasteiger partial charge on any atom is 0.460 e. The molecule has 0 aromatic carbocycles. The van der Waals surface area contributed by atoms with Crippen LogP contribution in [0.4, 0.5) is 39.5 Å². The van der Waals surface area contributed by atoms with Crippen molar-refractivity contribution in [3.8, 4) is 0 Å². The van der Waals surface area contributed by atoms with Crippen LogP contribution in [0.1, 0.15) is 25.7 Å². The molecule has 1 N–H and O–H groups in total. The zero-order chi connectivity index (χ0) is 18.8. The van der Waals surface area contributed by atoms with Gasteiger partial charge in [0.25, 0.3) is 0 Å². The quantitative estimate of drug-likeness (QED) is 0.538. The third-order valence-electron chi connectivity index (χ3n) is 4.43. The van der Waals surface area contributed by atoms with Gasteiger partial charge in [0.1, 0.15) is 0 Å². The van der Waals surface area contributed by atoms with Crippen molar-refractivity contribution in [2.45, 2.75) is 55.5 Å². The molecule has 142 valence electrons. The maximum absolute atomic E-state index is 13.5. The van der Waals surface area contributed by atoms with Gasteiger partial charge >= 0.3 is 31.3 Å². The molecule has 2 fully saturated rings. The normalized spacial score (nSPS) is 31.3. The summed E-state index contributed by atoms with van der Waals surface area (Å²) in [6.45, 7) is 0. The van der Waals surface area contributed by atoms with Gasteiger partial charge in [-0.25, -0.2) is 0 Å². The molecule has 0 radical (unpaired) electrons. The Morgan fingerprint density at radius 2 is 1.42 bits per heavy atom. The van der Waals surface area contributed by atoms with Crippen LogP contribution in [0.3, 0.4) is 0 Å². The lowest BCUT2D eigenvalue weighted by molar-refractivity contribution is -0.384. The van der Waals surface area contributed by atoms with Crippen LogP contribution < -0.4 is 0 Å². The summed E-state index contributed by atoms with van der Waals surface area (Å²) in [6.07, 6.45) is -6.94. The highest BCUT2D eigenvalue weighted by molar-refractivity contribution is 7.54. The molecule has 24 heavy (non-hydrogen) atoms. The largest absolute Gasteiger partial charge is 0.460 e. The van der Waals surface area contributed by atoms with E-state index in [2.05, 4.69) is 4.52 Å². The van der Waals surface area contributed by atoms with Crippen molar-refractivity contribution in [1.82, 2.24) is 0 Å². The van der Waals surface area contributed by atoms with E-state index in [0.29, 0.717) is 19.3 Å². The highest BCUT2D eigenvalue weighted by Gasteiger charge is 2.86. The first-order chi connectivity index (χ1) is 10.5. The van der Waals surface area contributed by atoms with Crippen LogP contribution in [0.25, 0.3) is 0 Å². The van der Waals surface area contributed by atoms with E-state index in [4.69, 9.17) is 4.89 Å². The Hall–Kier alpha value is -0.480. The fourth-order valence-electron chi connectivity index (χ4n) is 3.11. The zero-order valence-corrected chi connectivity index (χ0v) is 12.6. The van der Waals surface area contributed by atoms with Gasteiger partial charge in [0.15, 0.2) is 0 Å². The van der Waals surface area contributed by atoms with E-state index in [9.17, 15) is 44.1 Å². The van der Waals surface area contributed by atoms with Crippen LogP contribution in [0.5, 0.6) is 0 Å². The number of rotatable bonds is 5. The van der Waals surface area contributed by atoms with E-state index in [1.165, 1.54) is 0 Å². The summed E-state index contributed by atoms with van der Waals surface area (Å²) in [4.78, 5) is 9.10. The predicted molar refractivity (Wildman–Crippen MR) is 61.0 cm³/mol. The van der Waals surface area contributed by atoms with Crippen molar-refractivity contribution in [2.75, 3.05) is 0 Å². The first kappa shape index (κ1) is 19.8. The summed E-state index contributed by atoms with van der Waals surface area (Å²) < 4.78 is 131. The van der Waals surface area contributed by atoms with Crippen molar-refractivity contribution in [3.05, 3.63) is 0 Å². The molecule has 0 aromatic rings. The molecule has 2 aliphatic carbocycles. The average Bonchev–Trinajstić information content (AvgIpc) is 2.98. The molecule has 2 bridgehead atoms. The number of hydrogen-bond acceptors (Lipinski definition) is 2. The molecule has 0 aliphatic heterocycles. The molecule has 0 spiro atoms. The molecule has 2 saturated carbocycles. The first-order valence-electron chi connectivity index (χ1n) is 6.76. The summed E-state index contributed by atoms with van der Waals surface area (Å²) in [6, 6.07) is 0. The molecule has 13 heteroatoms. The first-order valence-corrected chi connectivity index (χ1v) is 8.34. The number of halogens is 9. The van der Waals surface area contributed by atoms with Crippen molar-refractivity contribution in [2.24, 2.45) is 11.8 Å². The van der Waals surface area contributed by atoms with Gasteiger partial charge in [0.05, 0.1) is 6.10 Å². The summed E-state index contributed by atoms with van der Waals surface area (Å²) in [5.41, 5.74) is -6.62. The van der Waals surface area contributed by atoms with Gasteiger partial charge in [0.2, 0.25) is 0 Å². The Morgan fingerprint density at radius 1 is 0.875 bits per heavy atom. The fourth-order valence-corrected chi connectivity index (χ4v) is 4.36. The third kappa shape index (κ3) is 2.74. The summed E-state index contributed by atoms with van der Waals surface area (Å²) in [7, 11) is -6.83. The van der Waals surface area contributed by atoms with E-state index < -0.39 is 43.3 Å². The van der Waals surface area contributed by atoms with E-state index in [-0.39, 0.29) is 12.3 Å². The molecule has 0 amide bonds. The van der Waals surface area contributed by atoms with Crippen molar-refractivity contribution in [3.63, 3.8) is 0 Å². The standard InChI is InChI=1S/C11H12F9O3P/c12-8(13,10(16,17)18)9(14,15)11(19,20)24(21,22)23-7-4-5-1-2-6(7)3-5/h5-7H,1-4H2,(H,21,22). The van der Waals surface area contributed by atoms with Gasteiger partial charge in [-0.3, -0.25) is 4.57 Å². The molecular formula is C11H12F9O3P. The van der Waals surface area contributed by atoms with Gasteiger partial charge in [0, 0.05) is 0 Å². The number of hydrogen-bond donors (Lipinski definition) is 1. The van der Waals surface area contributed by atoms with Gasteiger partial charge < -0.3 is 9.42 Å². The highest BCUT2D eigenvalue weighted by atomic mass is 31.2. The lowest BCUT2D eigenvalue weighted by atomic mass is 9.98. The van der Waals surface area contributed by atoms with Gasteiger partial charge in [-0.05, 0) is 37.5 Å². The highest BCUT2D eigenvalue weighted by Crippen LogP contribution is 2.69. The van der Waals surface area contributed by atoms with Crippen molar-refractivity contribution >= 4 is 7.60 Å². The van der Waals surface area contributed by atoms with E-state index >= 15 is 0 Å². The molecular weight excluding hydrogens is 382 g/mol. The molecule has 2 aliphatic rings. The maximum atomic E-state index is 13.5. The molecule has 4 atom stereocenters. The average molecular weight is 394 g/mol. The van der Waals surface area contributed by atoms with Gasteiger partial charge in [-0.2, -0.15) is 39.5 Å². The molecule has 2 rings (SSSR count). The third-order valence-corrected chi connectivity index (χ3v) is 5.98. The van der Waals surface area contributed by atoms with E-state index in [1.807, 2.05) is 0 Å². The lowest BCUT2D eigenvalue weighted by Crippen LogP contribution is -2.60. The molecule has 0 aromatic heterocycles. The number of alkyl halides is 9. The van der Waals surface area contributed by atoms with Crippen molar-refractivity contribution < 1.29 is 53.5 Å². The second-order valence-electron chi connectivity index (χ2n) is 6.03. The second-order valence-corrected chi connectivity index (χ2v) is 7.84. The van der Waals surface area contributed by atoms with E-state index in [0.717, 1.165) is 0 Å². The Labute approximate surface area is 129 Å². The minimum atomic E-state index is -7.22. The SMILES string of the molecule is O=P(O)(OC1CC2CCC1C2)C(F)(F)C(F)(F)C(F)(F)C(F)(F)F. The minimum absolute atomic E-state index is 0.0213. The smallest absolute Gasteiger partial charge is 0.320 e. The monoisotopic (exact) mass is 394 g/mol. The van der Waals surface area contributed by atoms with Crippen LogP contribution in [-0.4, -0.2) is 34.7 Å². The van der Waals surface area contributed by atoms with Crippen LogP contribution in [0, 0.1) is 11.8 Å². The number of fused-ring (bicyclic) bond motifs is 2. The lowest BCUT2D eigenvalue weighted by Gasteiger charge is -2.36. The van der Waals surface area contributed by atoms with Crippen LogP contribution in [0.15, 0.2) is 0 Å². The summed E-state index contributed by atoms with van der Waals surface area (Å²) >= 11 is 0. The van der Waals surface area contributed by atoms with Gasteiger partial charge in [-0.1, -0.05) is 0 Å². The van der Waals surface area contributed by atoms with E-state index in [1.54, 1.807) is 0 Å². The molecule has 0 saturated heterocycles. The fraction of sp³-hybridized carbons (Fsp3) is 1.00. The Morgan fingerprint density at radius 3 is 1.79 bits per heavy atom. The summed E-state index contributed by atoms with van der Waals surface area (Å²) in [5.74, 6) is -14.9. The van der Waals surface area contributed by atoms with Crippen LogP contribution in [-0.2, 0) is 9.09 Å². The minimum Gasteiger partial charge on any atom is -0.320 e. The topological polar surface area (TPSA) is 46.5 Å². The second kappa shape index (κ2) is 5.51. The molecule has 4 unspecified atom stereocenters.